The fourth-order valence-electron chi connectivity index (χ4n) is 1.28. The first-order valence-corrected chi connectivity index (χ1v) is 5.55. The third kappa shape index (κ3) is 4.73. The molecule has 7 nitrogen and oxygen atoms in total. The minimum Gasteiger partial charge on any atom is -0.375 e. The predicted octanol–water partition coefficient (Wildman–Crippen LogP) is 1.87. The summed E-state index contributed by atoms with van der Waals surface area (Å²) in [7, 11) is 0. The SMILES string of the molecule is C=C(C)COCCNc1ncc(C#N)cc1[N+](=O)[O-]. The second-order valence-electron chi connectivity index (χ2n) is 3.90. The normalized spacial score (nSPS) is 9.68. The highest BCUT2D eigenvalue weighted by atomic mass is 16.6. The van der Waals surface area contributed by atoms with Crippen LogP contribution in [0.2, 0.25) is 0 Å². The van der Waals surface area contributed by atoms with Crippen LogP contribution in [-0.4, -0.2) is 29.7 Å². The molecular weight excluding hydrogens is 248 g/mol. The van der Waals surface area contributed by atoms with E-state index in [1.807, 2.05) is 13.0 Å². The summed E-state index contributed by atoms with van der Waals surface area (Å²) in [6.45, 7) is 6.75. The Hall–Kier alpha value is -2.46. The molecule has 7 heteroatoms. The third-order valence-electron chi connectivity index (χ3n) is 2.08. The number of nitriles is 1. The van der Waals surface area contributed by atoms with E-state index in [1.54, 1.807) is 0 Å². The molecule has 1 N–H and O–H groups in total. The first kappa shape index (κ1) is 14.6. The summed E-state index contributed by atoms with van der Waals surface area (Å²) in [5.74, 6) is 0.128. The number of hydrogen-bond acceptors (Lipinski definition) is 6. The number of nitrogens with one attached hydrogen (secondary N) is 1. The number of nitro groups is 1. The lowest BCUT2D eigenvalue weighted by molar-refractivity contribution is -0.384. The molecule has 0 unspecified atom stereocenters. The molecule has 0 aliphatic heterocycles. The van der Waals surface area contributed by atoms with Gasteiger partial charge in [-0.15, -0.1) is 0 Å². The van der Waals surface area contributed by atoms with Crippen LogP contribution < -0.4 is 5.32 Å². The van der Waals surface area contributed by atoms with Crippen molar-refractivity contribution in [2.24, 2.45) is 0 Å². The van der Waals surface area contributed by atoms with Crippen molar-refractivity contribution in [1.29, 1.82) is 5.26 Å². The van der Waals surface area contributed by atoms with Gasteiger partial charge in [-0.25, -0.2) is 4.98 Å². The van der Waals surface area contributed by atoms with Crippen LogP contribution in [0.3, 0.4) is 0 Å². The highest BCUT2D eigenvalue weighted by Gasteiger charge is 2.15. The maximum atomic E-state index is 10.8. The zero-order valence-corrected chi connectivity index (χ0v) is 10.5. The smallest absolute Gasteiger partial charge is 0.312 e. The maximum absolute atomic E-state index is 10.8. The third-order valence-corrected chi connectivity index (χ3v) is 2.08. The van der Waals surface area contributed by atoms with E-state index in [4.69, 9.17) is 10.00 Å². The predicted molar refractivity (Wildman–Crippen MR) is 69.7 cm³/mol. The molecule has 1 heterocycles. The van der Waals surface area contributed by atoms with E-state index in [9.17, 15) is 10.1 Å². The molecule has 0 fully saturated rings. The van der Waals surface area contributed by atoms with E-state index >= 15 is 0 Å². The Morgan fingerprint density at radius 1 is 1.74 bits per heavy atom. The van der Waals surface area contributed by atoms with Crippen LogP contribution in [0.25, 0.3) is 0 Å². The molecule has 0 aliphatic carbocycles. The Labute approximate surface area is 110 Å². The maximum Gasteiger partial charge on any atom is 0.312 e. The molecule has 0 saturated heterocycles. The second-order valence-corrected chi connectivity index (χ2v) is 3.90. The molecule has 19 heavy (non-hydrogen) atoms. The average Bonchev–Trinajstić information content (AvgIpc) is 2.38. The van der Waals surface area contributed by atoms with Crippen LogP contribution in [0, 0.1) is 21.4 Å². The summed E-state index contributed by atoms with van der Waals surface area (Å²) in [5.41, 5.74) is 0.831. The van der Waals surface area contributed by atoms with Crippen molar-refractivity contribution in [3.63, 3.8) is 0 Å². The topological polar surface area (TPSA) is 101 Å². The molecular formula is C12H14N4O3. The number of pyridine rings is 1. The number of ether oxygens (including phenoxy) is 1. The number of rotatable bonds is 7. The fraction of sp³-hybridized carbons (Fsp3) is 0.333. The number of hydrogen-bond donors (Lipinski definition) is 1. The highest BCUT2D eigenvalue weighted by molar-refractivity contribution is 5.58. The van der Waals surface area contributed by atoms with E-state index < -0.39 is 4.92 Å². The van der Waals surface area contributed by atoms with Crippen molar-refractivity contribution in [2.75, 3.05) is 25.1 Å². The first-order valence-electron chi connectivity index (χ1n) is 5.55. The van der Waals surface area contributed by atoms with Gasteiger partial charge in [-0.3, -0.25) is 10.1 Å². The number of aromatic nitrogens is 1. The van der Waals surface area contributed by atoms with Crippen molar-refractivity contribution in [3.8, 4) is 6.07 Å². The monoisotopic (exact) mass is 262 g/mol. The van der Waals surface area contributed by atoms with Gasteiger partial charge in [0.2, 0.25) is 5.82 Å². The molecule has 0 atom stereocenters. The van der Waals surface area contributed by atoms with Gasteiger partial charge in [-0.05, 0) is 6.92 Å². The summed E-state index contributed by atoms with van der Waals surface area (Å²) in [6.07, 6.45) is 1.28. The van der Waals surface area contributed by atoms with Crippen molar-refractivity contribution in [1.82, 2.24) is 4.98 Å². The summed E-state index contributed by atoms with van der Waals surface area (Å²) in [5, 5.41) is 22.3. The number of anilines is 1. The van der Waals surface area contributed by atoms with Gasteiger partial charge in [-0.2, -0.15) is 5.26 Å². The van der Waals surface area contributed by atoms with E-state index in [-0.39, 0.29) is 17.1 Å². The molecule has 100 valence electrons. The molecule has 0 amide bonds. The van der Waals surface area contributed by atoms with Crippen LogP contribution in [0.4, 0.5) is 11.5 Å². The Morgan fingerprint density at radius 3 is 3.05 bits per heavy atom. The number of nitrogens with zero attached hydrogens (tertiary/aromatic N) is 3. The van der Waals surface area contributed by atoms with E-state index in [1.165, 1.54) is 12.3 Å². The van der Waals surface area contributed by atoms with Gasteiger partial charge in [0.1, 0.15) is 6.07 Å². The van der Waals surface area contributed by atoms with Gasteiger partial charge in [0.25, 0.3) is 0 Å². The van der Waals surface area contributed by atoms with Gasteiger partial charge in [0.05, 0.1) is 23.7 Å². The summed E-state index contributed by atoms with van der Waals surface area (Å²) >= 11 is 0. The zero-order valence-electron chi connectivity index (χ0n) is 10.5. The molecule has 1 aromatic rings. The fourth-order valence-corrected chi connectivity index (χ4v) is 1.28. The van der Waals surface area contributed by atoms with Gasteiger partial charge >= 0.3 is 5.69 Å². The van der Waals surface area contributed by atoms with Gasteiger partial charge in [0, 0.05) is 18.8 Å². The van der Waals surface area contributed by atoms with Crippen LogP contribution in [0.5, 0.6) is 0 Å². The molecule has 1 aromatic heterocycles. The zero-order chi connectivity index (χ0) is 14.3. The Bertz CT molecular complexity index is 522. The molecule has 1 rings (SSSR count). The average molecular weight is 262 g/mol. The largest absolute Gasteiger partial charge is 0.375 e. The molecule has 0 radical (unpaired) electrons. The Kier molecular flexibility index (Phi) is 5.44. The van der Waals surface area contributed by atoms with Crippen LogP contribution >= 0.6 is 0 Å². The van der Waals surface area contributed by atoms with Crippen molar-refractivity contribution in [2.45, 2.75) is 6.92 Å². The first-order chi connectivity index (χ1) is 9.04. The Morgan fingerprint density at radius 2 is 2.47 bits per heavy atom. The standard InChI is InChI=1S/C12H14N4O3/c1-9(2)8-19-4-3-14-12-11(16(17)18)5-10(6-13)7-15-12/h5,7H,1,3-4,8H2,2H3,(H,14,15). The van der Waals surface area contributed by atoms with Crippen molar-refractivity contribution >= 4 is 11.5 Å². The molecule has 0 saturated carbocycles. The second kappa shape index (κ2) is 7.08. The van der Waals surface area contributed by atoms with E-state index in [2.05, 4.69) is 16.9 Å². The summed E-state index contributed by atoms with van der Waals surface area (Å²) in [4.78, 5) is 14.1. The van der Waals surface area contributed by atoms with E-state index in [0.717, 1.165) is 5.57 Å². The van der Waals surface area contributed by atoms with Crippen LogP contribution in [0.15, 0.2) is 24.4 Å². The Balaban J connectivity index is 2.60. The molecule has 0 aliphatic rings. The minimum absolute atomic E-state index is 0.128. The molecule has 0 bridgehead atoms. The summed E-state index contributed by atoms with van der Waals surface area (Å²) in [6, 6.07) is 2.99. The molecule has 0 spiro atoms. The summed E-state index contributed by atoms with van der Waals surface area (Å²) < 4.78 is 5.25. The minimum atomic E-state index is -0.578. The quantitative estimate of drug-likeness (QED) is 0.348. The lowest BCUT2D eigenvalue weighted by Gasteiger charge is -2.07. The van der Waals surface area contributed by atoms with Crippen molar-refractivity contribution < 1.29 is 9.66 Å². The van der Waals surface area contributed by atoms with Crippen molar-refractivity contribution in [3.05, 3.63) is 40.1 Å². The molecule has 0 aromatic carbocycles. The highest BCUT2D eigenvalue weighted by Crippen LogP contribution is 2.22. The van der Waals surface area contributed by atoms with Crippen LogP contribution in [-0.2, 0) is 4.74 Å². The lowest BCUT2D eigenvalue weighted by atomic mass is 10.3. The van der Waals surface area contributed by atoms with E-state index in [0.29, 0.717) is 19.8 Å². The van der Waals surface area contributed by atoms with Crippen LogP contribution in [0.1, 0.15) is 12.5 Å². The van der Waals surface area contributed by atoms with Gasteiger partial charge in [-0.1, -0.05) is 12.2 Å². The van der Waals surface area contributed by atoms with Gasteiger partial charge < -0.3 is 10.1 Å². The lowest BCUT2D eigenvalue weighted by Crippen LogP contribution is -2.12. The van der Waals surface area contributed by atoms with Gasteiger partial charge in [0.15, 0.2) is 0 Å².